The maximum atomic E-state index is 13.0. The Labute approximate surface area is 164 Å². The average Bonchev–Trinajstić information content (AvgIpc) is 3.21. The molecule has 3 aromatic rings. The second kappa shape index (κ2) is 7.57. The van der Waals surface area contributed by atoms with Crippen molar-refractivity contribution in [2.75, 3.05) is 19.7 Å². The van der Waals surface area contributed by atoms with Gasteiger partial charge in [0.15, 0.2) is 11.9 Å². The molecule has 152 valence electrons. The van der Waals surface area contributed by atoms with Crippen LogP contribution in [0.15, 0.2) is 36.7 Å². The van der Waals surface area contributed by atoms with E-state index in [2.05, 4.69) is 15.2 Å². The van der Waals surface area contributed by atoms with Crippen molar-refractivity contribution >= 4 is 16.7 Å². The number of rotatable bonds is 4. The molecule has 2 aromatic heterocycles. The van der Waals surface area contributed by atoms with E-state index >= 15 is 0 Å². The lowest BCUT2D eigenvalue weighted by molar-refractivity contribution is -0.237. The normalized spacial score (nSPS) is 18.3. The number of fused-ring (bicyclic) bond motifs is 1. The molecule has 1 fully saturated rings. The lowest BCUT2D eigenvalue weighted by atomic mass is 10.0. The minimum Gasteiger partial charge on any atom is -0.366 e. The van der Waals surface area contributed by atoms with Gasteiger partial charge >= 0.3 is 6.18 Å². The topological polar surface area (TPSA) is 71.1 Å². The van der Waals surface area contributed by atoms with E-state index in [0.29, 0.717) is 24.3 Å². The molecule has 6 nitrogen and oxygen atoms in total. The van der Waals surface area contributed by atoms with Crippen LogP contribution >= 0.6 is 0 Å². The van der Waals surface area contributed by atoms with Gasteiger partial charge < -0.3 is 4.74 Å². The second-order valence-electron chi connectivity index (χ2n) is 7.09. The van der Waals surface area contributed by atoms with Gasteiger partial charge in [0.25, 0.3) is 0 Å². The predicted octanol–water partition coefficient (Wildman–Crippen LogP) is 3.59. The Hall–Kier alpha value is -2.78. The maximum Gasteiger partial charge on any atom is 0.415 e. The average molecular weight is 404 g/mol. The zero-order valence-corrected chi connectivity index (χ0v) is 15.7. The van der Waals surface area contributed by atoms with E-state index in [-0.39, 0.29) is 18.9 Å². The molecule has 0 amide bonds. The molecular formula is C20H19F3N4O2. The molecule has 1 atom stereocenters. The van der Waals surface area contributed by atoms with Gasteiger partial charge in [-0.2, -0.15) is 18.3 Å². The third-order valence-electron chi connectivity index (χ3n) is 4.97. The van der Waals surface area contributed by atoms with Crippen LogP contribution in [0.3, 0.4) is 0 Å². The summed E-state index contributed by atoms with van der Waals surface area (Å²) in [6.07, 6.45) is -2.75. The van der Waals surface area contributed by atoms with Gasteiger partial charge in [0.2, 0.25) is 0 Å². The number of pyridine rings is 1. The molecule has 0 bridgehead atoms. The van der Waals surface area contributed by atoms with Crippen LogP contribution in [-0.4, -0.2) is 57.8 Å². The Kier molecular flexibility index (Phi) is 5.10. The van der Waals surface area contributed by atoms with Crippen LogP contribution < -0.4 is 0 Å². The number of morpholine rings is 1. The van der Waals surface area contributed by atoms with Crippen LogP contribution in [0.1, 0.15) is 23.0 Å². The van der Waals surface area contributed by atoms with Crippen LogP contribution in [0.25, 0.3) is 22.0 Å². The van der Waals surface area contributed by atoms with Gasteiger partial charge in [-0.05, 0) is 23.3 Å². The lowest BCUT2D eigenvalue weighted by Crippen LogP contribution is -2.48. The minimum absolute atomic E-state index is 0.0368. The molecule has 0 radical (unpaired) electrons. The van der Waals surface area contributed by atoms with Crippen LogP contribution in [-0.2, 0) is 11.3 Å². The summed E-state index contributed by atoms with van der Waals surface area (Å²) in [4.78, 5) is 18.1. The first-order valence-corrected chi connectivity index (χ1v) is 9.16. The van der Waals surface area contributed by atoms with E-state index in [9.17, 15) is 18.0 Å². The number of Topliss-reactive ketones (excluding diaryl/α,β-unsaturated/α-hetero) is 1. The first-order chi connectivity index (χ1) is 13.8. The SMILES string of the molecule is CC(=O)c1cc(-c2cn[nH]c2)c2ccc(CN3CCOC(C(F)(F)F)C3)cc2n1. The number of hydrogen-bond acceptors (Lipinski definition) is 5. The van der Waals surface area contributed by atoms with E-state index in [1.165, 1.54) is 6.92 Å². The highest BCUT2D eigenvalue weighted by atomic mass is 19.4. The van der Waals surface area contributed by atoms with Gasteiger partial charge in [0.05, 0.1) is 18.3 Å². The summed E-state index contributed by atoms with van der Waals surface area (Å²) in [6.45, 7) is 2.05. The number of benzene rings is 1. The number of ether oxygens (including phenoxy) is 1. The molecule has 1 unspecified atom stereocenters. The molecule has 1 aliphatic heterocycles. The fraction of sp³-hybridized carbons (Fsp3) is 0.350. The second-order valence-corrected chi connectivity index (χ2v) is 7.09. The summed E-state index contributed by atoms with van der Waals surface area (Å²) in [6, 6.07) is 7.30. The number of nitrogens with one attached hydrogen (secondary N) is 1. The van der Waals surface area contributed by atoms with Gasteiger partial charge in [-0.15, -0.1) is 0 Å². The summed E-state index contributed by atoms with van der Waals surface area (Å²) in [5.41, 5.74) is 3.42. The molecule has 1 aromatic carbocycles. The van der Waals surface area contributed by atoms with Gasteiger partial charge in [-0.25, -0.2) is 4.98 Å². The Bertz CT molecular complexity index is 1030. The van der Waals surface area contributed by atoms with Crippen molar-refractivity contribution < 1.29 is 22.7 Å². The Morgan fingerprint density at radius 2 is 2.17 bits per heavy atom. The summed E-state index contributed by atoms with van der Waals surface area (Å²) < 4.78 is 43.7. The summed E-state index contributed by atoms with van der Waals surface area (Å²) in [7, 11) is 0. The third-order valence-corrected chi connectivity index (χ3v) is 4.97. The van der Waals surface area contributed by atoms with Crippen molar-refractivity contribution in [1.29, 1.82) is 0 Å². The molecule has 4 rings (SSSR count). The number of hydrogen-bond donors (Lipinski definition) is 1. The van der Waals surface area contributed by atoms with Gasteiger partial charge in [0, 0.05) is 43.7 Å². The highest BCUT2D eigenvalue weighted by Crippen LogP contribution is 2.30. The zero-order valence-electron chi connectivity index (χ0n) is 15.7. The van der Waals surface area contributed by atoms with Crippen molar-refractivity contribution in [2.45, 2.75) is 25.7 Å². The Morgan fingerprint density at radius 1 is 1.34 bits per heavy atom. The van der Waals surface area contributed by atoms with Crippen LogP contribution in [0.2, 0.25) is 0 Å². The lowest BCUT2D eigenvalue weighted by Gasteiger charge is -2.33. The van der Waals surface area contributed by atoms with Gasteiger partial charge in [-0.1, -0.05) is 12.1 Å². The van der Waals surface area contributed by atoms with Crippen LogP contribution in [0.5, 0.6) is 0 Å². The smallest absolute Gasteiger partial charge is 0.366 e. The predicted molar refractivity (Wildman–Crippen MR) is 100 cm³/mol. The molecule has 3 heterocycles. The molecule has 0 spiro atoms. The monoisotopic (exact) mass is 404 g/mol. The van der Waals surface area contributed by atoms with Crippen LogP contribution in [0.4, 0.5) is 13.2 Å². The largest absolute Gasteiger partial charge is 0.415 e. The fourth-order valence-electron chi connectivity index (χ4n) is 3.49. The van der Waals surface area contributed by atoms with E-state index in [1.54, 1.807) is 23.4 Å². The quantitative estimate of drug-likeness (QED) is 0.673. The first kappa shape index (κ1) is 19.5. The van der Waals surface area contributed by atoms with Crippen molar-refractivity contribution in [1.82, 2.24) is 20.1 Å². The zero-order chi connectivity index (χ0) is 20.6. The summed E-state index contributed by atoms with van der Waals surface area (Å²) >= 11 is 0. The maximum absolute atomic E-state index is 13.0. The van der Waals surface area contributed by atoms with E-state index in [0.717, 1.165) is 22.1 Å². The standard InChI is InChI=1S/C20H19F3N4O2/c1-12(28)17-7-16(14-8-24-25-9-14)15-3-2-13(6-18(15)26-17)10-27-4-5-29-19(11-27)20(21,22)23/h2-3,6-9,19H,4-5,10-11H2,1H3,(H,24,25). The van der Waals surface area contributed by atoms with E-state index < -0.39 is 12.3 Å². The minimum atomic E-state index is -4.38. The van der Waals surface area contributed by atoms with Crippen LogP contribution in [0, 0.1) is 0 Å². The van der Waals surface area contributed by atoms with Gasteiger partial charge in [-0.3, -0.25) is 14.8 Å². The summed E-state index contributed by atoms with van der Waals surface area (Å²) in [5, 5.41) is 7.56. The number of H-pyrrole nitrogens is 1. The molecular weight excluding hydrogens is 385 g/mol. The number of alkyl halides is 3. The number of halogens is 3. The number of carbonyl (C=O) groups is 1. The fourth-order valence-corrected chi connectivity index (χ4v) is 3.49. The number of aromatic nitrogens is 3. The number of carbonyl (C=O) groups excluding carboxylic acids is 1. The highest BCUT2D eigenvalue weighted by molar-refractivity contribution is 6.01. The Morgan fingerprint density at radius 3 is 2.86 bits per heavy atom. The molecule has 29 heavy (non-hydrogen) atoms. The van der Waals surface area contributed by atoms with Crippen molar-refractivity contribution in [2.24, 2.45) is 0 Å². The van der Waals surface area contributed by atoms with Crippen molar-refractivity contribution in [3.63, 3.8) is 0 Å². The molecule has 9 heteroatoms. The van der Waals surface area contributed by atoms with Crippen molar-refractivity contribution in [3.05, 3.63) is 47.9 Å². The van der Waals surface area contributed by atoms with E-state index in [1.807, 2.05) is 18.2 Å². The molecule has 1 saturated heterocycles. The number of ketones is 1. The highest BCUT2D eigenvalue weighted by Gasteiger charge is 2.43. The van der Waals surface area contributed by atoms with Gasteiger partial charge in [0.1, 0.15) is 5.69 Å². The molecule has 1 aliphatic rings. The molecule has 0 saturated carbocycles. The number of aromatic amines is 1. The number of nitrogens with zero attached hydrogens (tertiary/aromatic N) is 3. The molecule has 0 aliphatic carbocycles. The summed E-state index contributed by atoms with van der Waals surface area (Å²) in [5.74, 6) is -0.164. The van der Waals surface area contributed by atoms with E-state index in [4.69, 9.17) is 4.74 Å². The molecule has 1 N–H and O–H groups in total. The Balaban J connectivity index is 1.66. The van der Waals surface area contributed by atoms with Crippen molar-refractivity contribution in [3.8, 4) is 11.1 Å². The third kappa shape index (κ3) is 4.15. The first-order valence-electron chi connectivity index (χ1n) is 9.16.